The third kappa shape index (κ3) is 2.62. The number of carbonyl (C=O) groups is 2. The van der Waals surface area contributed by atoms with E-state index in [-0.39, 0.29) is 11.4 Å². The number of para-hydroxylation sites is 3. The average molecular weight is 293 g/mol. The van der Waals surface area contributed by atoms with E-state index in [9.17, 15) is 14.7 Å². The Bertz CT molecular complexity index is 863. The summed E-state index contributed by atoms with van der Waals surface area (Å²) in [6, 6.07) is 15.5. The molecule has 6 nitrogen and oxygen atoms in total. The van der Waals surface area contributed by atoms with Gasteiger partial charge >= 0.3 is 5.97 Å². The molecule has 0 radical (unpaired) electrons. The first-order valence-corrected chi connectivity index (χ1v) is 6.51. The van der Waals surface area contributed by atoms with Gasteiger partial charge in [-0.3, -0.25) is 4.79 Å². The van der Waals surface area contributed by atoms with Crippen LogP contribution in [0.25, 0.3) is 11.0 Å². The molecule has 0 unspecified atom stereocenters. The molecule has 6 heteroatoms. The highest BCUT2D eigenvalue weighted by Gasteiger charge is 2.21. The van der Waals surface area contributed by atoms with Crippen molar-refractivity contribution in [1.82, 2.24) is 9.97 Å². The first kappa shape index (κ1) is 13.7. The van der Waals surface area contributed by atoms with Crippen LogP contribution in [0, 0.1) is 0 Å². The quantitative estimate of drug-likeness (QED) is 0.774. The minimum Gasteiger partial charge on any atom is -0.476 e. The lowest BCUT2D eigenvalue weighted by molar-refractivity contribution is 0.0685. The lowest BCUT2D eigenvalue weighted by Crippen LogP contribution is -2.19. The highest BCUT2D eigenvalue weighted by molar-refractivity contribution is 6.09. The summed E-state index contributed by atoms with van der Waals surface area (Å²) in [4.78, 5) is 31.8. The third-order valence-electron chi connectivity index (χ3n) is 3.02. The molecule has 0 saturated carbocycles. The van der Waals surface area contributed by atoms with Crippen LogP contribution in [0.2, 0.25) is 0 Å². The van der Waals surface area contributed by atoms with Crippen molar-refractivity contribution >= 4 is 28.6 Å². The van der Waals surface area contributed by atoms with E-state index in [1.54, 1.807) is 48.5 Å². The van der Waals surface area contributed by atoms with E-state index in [1.165, 1.54) is 0 Å². The van der Waals surface area contributed by atoms with Crippen LogP contribution in [0.15, 0.2) is 54.6 Å². The largest absolute Gasteiger partial charge is 0.476 e. The number of hydrogen-bond acceptors (Lipinski definition) is 4. The van der Waals surface area contributed by atoms with Gasteiger partial charge in [-0.15, -0.1) is 0 Å². The number of nitrogens with one attached hydrogen (secondary N) is 1. The second-order valence-corrected chi connectivity index (χ2v) is 4.53. The van der Waals surface area contributed by atoms with Crippen LogP contribution >= 0.6 is 0 Å². The highest BCUT2D eigenvalue weighted by atomic mass is 16.4. The third-order valence-corrected chi connectivity index (χ3v) is 3.02. The number of nitrogens with zero attached hydrogens (tertiary/aromatic N) is 2. The first-order chi connectivity index (χ1) is 10.6. The number of anilines is 1. The Morgan fingerprint density at radius 2 is 1.36 bits per heavy atom. The molecule has 0 bridgehead atoms. The van der Waals surface area contributed by atoms with Gasteiger partial charge in [0.2, 0.25) is 0 Å². The van der Waals surface area contributed by atoms with Gasteiger partial charge in [-0.1, -0.05) is 30.3 Å². The second-order valence-electron chi connectivity index (χ2n) is 4.53. The lowest BCUT2D eigenvalue weighted by Gasteiger charge is -2.08. The summed E-state index contributed by atoms with van der Waals surface area (Å²) in [6.07, 6.45) is 0. The van der Waals surface area contributed by atoms with E-state index in [1.807, 2.05) is 6.07 Å². The summed E-state index contributed by atoms with van der Waals surface area (Å²) in [5.41, 5.74) is 0.864. The topological polar surface area (TPSA) is 92.2 Å². The molecule has 3 rings (SSSR count). The zero-order valence-corrected chi connectivity index (χ0v) is 11.4. The van der Waals surface area contributed by atoms with E-state index < -0.39 is 11.9 Å². The number of aromatic nitrogens is 2. The standard InChI is InChI=1S/C16H11N3O3/c20-15(17-10-6-2-1-3-7-10)13-14(16(21)22)19-12-9-5-4-8-11(12)18-13/h1-9H,(H,17,20)(H,21,22). The van der Waals surface area contributed by atoms with Gasteiger partial charge in [0.15, 0.2) is 11.4 Å². The fourth-order valence-corrected chi connectivity index (χ4v) is 2.02. The van der Waals surface area contributed by atoms with E-state index in [0.29, 0.717) is 16.7 Å². The molecular weight excluding hydrogens is 282 g/mol. The van der Waals surface area contributed by atoms with Crippen LogP contribution in [0.5, 0.6) is 0 Å². The van der Waals surface area contributed by atoms with Crippen LogP contribution < -0.4 is 5.32 Å². The zero-order chi connectivity index (χ0) is 15.5. The van der Waals surface area contributed by atoms with E-state index in [2.05, 4.69) is 15.3 Å². The van der Waals surface area contributed by atoms with Gasteiger partial charge in [-0.2, -0.15) is 0 Å². The zero-order valence-electron chi connectivity index (χ0n) is 11.4. The van der Waals surface area contributed by atoms with Crippen molar-refractivity contribution in [3.05, 3.63) is 66.0 Å². The number of carboxylic acids is 1. The molecule has 0 saturated heterocycles. The Labute approximate surface area is 125 Å². The molecule has 22 heavy (non-hydrogen) atoms. The average Bonchev–Trinajstić information content (AvgIpc) is 2.54. The van der Waals surface area contributed by atoms with E-state index in [0.717, 1.165) is 0 Å². The second kappa shape index (κ2) is 5.61. The SMILES string of the molecule is O=C(O)c1nc2ccccc2nc1C(=O)Nc1ccccc1. The van der Waals surface area contributed by atoms with E-state index >= 15 is 0 Å². The number of fused-ring (bicyclic) bond motifs is 1. The summed E-state index contributed by atoms with van der Waals surface area (Å²) >= 11 is 0. The predicted octanol–water partition coefficient (Wildman–Crippen LogP) is 2.58. The monoisotopic (exact) mass is 293 g/mol. The molecular formula is C16H11N3O3. The maximum atomic E-state index is 12.3. The van der Waals surface area contributed by atoms with E-state index in [4.69, 9.17) is 0 Å². The smallest absolute Gasteiger partial charge is 0.357 e. The van der Waals surface area contributed by atoms with Gasteiger partial charge in [0.05, 0.1) is 11.0 Å². The molecule has 0 aliphatic heterocycles. The Kier molecular flexibility index (Phi) is 3.49. The highest BCUT2D eigenvalue weighted by Crippen LogP contribution is 2.15. The lowest BCUT2D eigenvalue weighted by atomic mass is 10.2. The Balaban J connectivity index is 2.06. The van der Waals surface area contributed by atoms with Crippen LogP contribution in [0.3, 0.4) is 0 Å². The molecule has 1 amide bonds. The number of aromatic carboxylic acids is 1. The van der Waals surface area contributed by atoms with Crippen molar-refractivity contribution < 1.29 is 14.7 Å². The summed E-state index contributed by atoms with van der Waals surface area (Å²) in [5.74, 6) is -1.90. The fourth-order valence-electron chi connectivity index (χ4n) is 2.02. The van der Waals surface area contributed by atoms with Crippen molar-refractivity contribution in [2.24, 2.45) is 0 Å². The Morgan fingerprint density at radius 3 is 1.95 bits per heavy atom. The summed E-state index contributed by atoms with van der Waals surface area (Å²) in [5, 5.41) is 11.9. The molecule has 0 aliphatic carbocycles. The van der Waals surface area contributed by atoms with Crippen molar-refractivity contribution in [2.45, 2.75) is 0 Å². The van der Waals surface area contributed by atoms with Gasteiger partial charge in [0.1, 0.15) is 0 Å². The van der Waals surface area contributed by atoms with Crippen LogP contribution in [-0.4, -0.2) is 27.0 Å². The number of hydrogen-bond donors (Lipinski definition) is 2. The molecule has 0 spiro atoms. The molecule has 2 N–H and O–H groups in total. The van der Waals surface area contributed by atoms with Gasteiger partial charge < -0.3 is 10.4 Å². The van der Waals surface area contributed by atoms with Gasteiger partial charge in [-0.25, -0.2) is 14.8 Å². The van der Waals surface area contributed by atoms with Gasteiger partial charge in [0.25, 0.3) is 5.91 Å². The van der Waals surface area contributed by atoms with Crippen molar-refractivity contribution in [2.75, 3.05) is 5.32 Å². The van der Waals surface area contributed by atoms with Crippen molar-refractivity contribution in [3.8, 4) is 0 Å². The number of carbonyl (C=O) groups excluding carboxylic acids is 1. The first-order valence-electron chi connectivity index (χ1n) is 6.51. The molecule has 0 atom stereocenters. The number of benzene rings is 2. The predicted molar refractivity (Wildman–Crippen MR) is 80.9 cm³/mol. The number of carboxylic acid groups (broad SMARTS) is 1. The number of rotatable bonds is 3. The van der Waals surface area contributed by atoms with Crippen molar-refractivity contribution in [1.29, 1.82) is 0 Å². The van der Waals surface area contributed by atoms with Gasteiger partial charge in [0, 0.05) is 5.69 Å². The molecule has 1 heterocycles. The summed E-state index contributed by atoms with van der Waals surface area (Å²) < 4.78 is 0. The molecule has 108 valence electrons. The molecule has 0 aliphatic rings. The maximum Gasteiger partial charge on any atom is 0.357 e. The van der Waals surface area contributed by atoms with Crippen LogP contribution in [-0.2, 0) is 0 Å². The fraction of sp³-hybridized carbons (Fsp3) is 0. The Morgan fingerprint density at radius 1 is 0.818 bits per heavy atom. The molecule has 2 aromatic carbocycles. The minimum atomic E-state index is -1.29. The normalized spacial score (nSPS) is 10.4. The minimum absolute atomic E-state index is 0.213. The van der Waals surface area contributed by atoms with Crippen molar-refractivity contribution in [3.63, 3.8) is 0 Å². The summed E-state index contributed by atoms with van der Waals surface area (Å²) in [6.45, 7) is 0. The van der Waals surface area contributed by atoms with Crippen LogP contribution in [0.4, 0.5) is 5.69 Å². The molecule has 3 aromatic rings. The molecule has 0 fully saturated rings. The van der Waals surface area contributed by atoms with Crippen LogP contribution in [0.1, 0.15) is 21.0 Å². The summed E-state index contributed by atoms with van der Waals surface area (Å²) in [7, 11) is 0. The van der Waals surface area contributed by atoms with Gasteiger partial charge in [-0.05, 0) is 24.3 Å². The maximum absolute atomic E-state index is 12.3. The number of amides is 1. The molecule has 1 aromatic heterocycles. The Hall–Kier alpha value is -3.28.